The highest BCUT2D eigenvalue weighted by Gasteiger charge is 2.11. The fraction of sp³-hybridized carbons (Fsp3) is 0.700. The molecule has 0 aromatic carbocycles. The highest BCUT2D eigenvalue weighted by Crippen LogP contribution is 2.04. The van der Waals surface area contributed by atoms with Gasteiger partial charge in [-0.1, -0.05) is 6.92 Å². The summed E-state index contributed by atoms with van der Waals surface area (Å²) in [7, 11) is -2.94. The fourth-order valence-electron chi connectivity index (χ4n) is 1.37. The number of sulfone groups is 1. The zero-order valence-corrected chi connectivity index (χ0v) is 10.7. The first-order valence-corrected chi connectivity index (χ1v) is 7.31. The van der Waals surface area contributed by atoms with Gasteiger partial charge in [-0.25, -0.2) is 13.4 Å². The van der Waals surface area contributed by atoms with Crippen LogP contribution in [0.3, 0.4) is 0 Å². The van der Waals surface area contributed by atoms with E-state index in [1.807, 2.05) is 13.8 Å². The second kappa shape index (κ2) is 5.45. The summed E-state index contributed by atoms with van der Waals surface area (Å²) < 4.78 is 27.4. The van der Waals surface area contributed by atoms with Crippen LogP contribution in [0.15, 0.2) is 10.6 Å². The third kappa shape index (κ3) is 4.76. The molecule has 1 rings (SSSR count). The van der Waals surface area contributed by atoms with Crippen LogP contribution in [0.25, 0.3) is 0 Å². The van der Waals surface area contributed by atoms with E-state index >= 15 is 0 Å². The van der Waals surface area contributed by atoms with Crippen LogP contribution in [-0.2, 0) is 22.8 Å². The van der Waals surface area contributed by atoms with Crippen molar-refractivity contribution in [2.75, 3.05) is 12.0 Å². The molecule has 0 bridgehead atoms. The molecule has 5 nitrogen and oxygen atoms in total. The maximum absolute atomic E-state index is 11.0. The van der Waals surface area contributed by atoms with Gasteiger partial charge in [0.2, 0.25) is 5.89 Å². The first-order chi connectivity index (χ1) is 7.40. The summed E-state index contributed by atoms with van der Waals surface area (Å²) in [5, 5.41) is 3.06. The lowest BCUT2D eigenvalue weighted by atomic mass is 10.4. The number of nitrogens with one attached hydrogen (secondary N) is 1. The average molecular weight is 246 g/mol. The highest BCUT2D eigenvalue weighted by atomic mass is 32.2. The van der Waals surface area contributed by atoms with Gasteiger partial charge in [0.15, 0.2) is 0 Å². The van der Waals surface area contributed by atoms with Crippen LogP contribution >= 0.6 is 0 Å². The van der Waals surface area contributed by atoms with E-state index in [1.54, 1.807) is 6.20 Å². The Morgan fingerprint density at radius 1 is 1.56 bits per heavy atom. The van der Waals surface area contributed by atoms with E-state index < -0.39 is 9.84 Å². The molecule has 1 aromatic heterocycles. The number of rotatable bonds is 6. The molecule has 1 heterocycles. The minimum atomic E-state index is -2.94. The number of hydrogen-bond donors (Lipinski definition) is 1. The predicted octanol–water partition coefficient (Wildman–Crippen LogP) is 0.760. The molecule has 0 aliphatic heterocycles. The summed E-state index contributed by atoms with van der Waals surface area (Å²) in [5.41, 5.74) is 0. The van der Waals surface area contributed by atoms with Crippen LogP contribution < -0.4 is 5.32 Å². The Labute approximate surface area is 96.2 Å². The summed E-state index contributed by atoms with van der Waals surface area (Å²) in [6, 6.07) is -0.105. The van der Waals surface area contributed by atoms with Gasteiger partial charge in [-0.2, -0.15) is 0 Å². The van der Waals surface area contributed by atoms with Crippen molar-refractivity contribution in [3.63, 3.8) is 0 Å². The van der Waals surface area contributed by atoms with Gasteiger partial charge >= 0.3 is 0 Å². The minimum Gasteiger partial charge on any atom is -0.444 e. The van der Waals surface area contributed by atoms with Crippen LogP contribution in [-0.4, -0.2) is 31.5 Å². The molecule has 1 aromatic rings. The molecule has 16 heavy (non-hydrogen) atoms. The Kier molecular flexibility index (Phi) is 4.49. The van der Waals surface area contributed by atoms with E-state index in [0.29, 0.717) is 12.4 Å². The molecule has 0 spiro atoms. The molecule has 1 N–H and O–H groups in total. The Morgan fingerprint density at radius 2 is 2.25 bits per heavy atom. The number of oxazole rings is 1. The first kappa shape index (κ1) is 13.2. The summed E-state index contributed by atoms with van der Waals surface area (Å²) in [6.45, 7) is 4.27. The van der Waals surface area contributed by atoms with E-state index in [4.69, 9.17) is 4.42 Å². The van der Waals surface area contributed by atoms with Crippen molar-refractivity contribution in [3.8, 4) is 0 Å². The van der Waals surface area contributed by atoms with Crippen molar-refractivity contribution in [3.05, 3.63) is 17.8 Å². The van der Waals surface area contributed by atoms with Crippen molar-refractivity contribution in [1.82, 2.24) is 10.3 Å². The van der Waals surface area contributed by atoms with Crippen LogP contribution in [0.1, 0.15) is 25.5 Å². The Bertz CT molecular complexity index is 425. The average Bonchev–Trinajstić information content (AvgIpc) is 2.59. The molecular formula is C10H18N2O3S. The second-order valence-electron chi connectivity index (χ2n) is 3.95. The fourth-order valence-corrected chi connectivity index (χ4v) is 2.39. The third-order valence-corrected chi connectivity index (χ3v) is 3.21. The molecule has 0 saturated heterocycles. The predicted molar refractivity (Wildman–Crippen MR) is 61.9 cm³/mol. The Hall–Kier alpha value is -0.880. The van der Waals surface area contributed by atoms with Gasteiger partial charge in [0, 0.05) is 18.7 Å². The smallest absolute Gasteiger partial charge is 0.208 e. The van der Waals surface area contributed by atoms with Gasteiger partial charge in [0.25, 0.3) is 0 Å². The van der Waals surface area contributed by atoms with Gasteiger partial charge in [0.05, 0.1) is 18.5 Å². The topological polar surface area (TPSA) is 72.2 Å². The van der Waals surface area contributed by atoms with Crippen molar-refractivity contribution in [2.24, 2.45) is 0 Å². The van der Waals surface area contributed by atoms with Crippen LogP contribution in [0, 0.1) is 0 Å². The SMILES string of the molecule is CCc1cnc(CNC(C)CS(C)(=O)=O)o1. The highest BCUT2D eigenvalue weighted by molar-refractivity contribution is 7.90. The van der Waals surface area contributed by atoms with Gasteiger partial charge in [-0.15, -0.1) is 0 Å². The molecule has 0 fully saturated rings. The van der Waals surface area contributed by atoms with Crippen molar-refractivity contribution in [1.29, 1.82) is 0 Å². The van der Waals surface area contributed by atoms with Crippen LogP contribution in [0.4, 0.5) is 0 Å². The molecular weight excluding hydrogens is 228 g/mol. The summed E-state index contributed by atoms with van der Waals surface area (Å²) in [6.07, 6.45) is 3.73. The second-order valence-corrected chi connectivity index (χ2v) is 6.13. The maximum Gasteiger partial charge on any atom is 0.208 e. The van der Waals surface area contributed by atoms with Crippen molar-refractivity contribution >= 4 is 9.84 Å². The van der Waals surface area contributed by atoms with Crippen LogP contribution in [0.5, 0.6) is 0 Å². The standard InChI is InChI=1S/C10H18N2O3S/c1-4-9-5-12-10(15-9)6-11-8(2)7-16(3,13)14/h5,8,11H,4,6-7H2,1-3H3. The van der Waals surface area contributed by atoms with E-state index in [1.165, 1.54) is 6.26 Å². The van der Waals surface area contributed by atoms with E-state index in [9.17, 15) is 8.42 Å². The molecule has 0 radical (unpaired) electrons. The number of nitrogens with zero attached hydrogens (tertiary/aromatic N) is 1. The lowest BCUT2D eigenvalue weighted by molar-refractivity contribution is 0.427. The van der Waals surface area contributed by atoms with Crippen molar-refractivity contribution < 1.29 is 12.8 Å². The summed E-state index contributed by atoms with van der Waals surface area (Å²) in [5.74, 6) is 1.55. The monoisotopic (exact) mass is 246 g/mol. The quantitative estimate of drug-likeness (QED) is 0.802. The molecule has 0 aliphatic rings. The Balaban J connectivity index is 2.39. The van der Waals surface area contributed by atoms with Crippen LogP contribution in [0.2, 0.25) is 0 Å². The van der Waals surface area contributed by atoms with Gasteiger partial charge in [-0.05, 0) is 6.92 Å². The number of hydrogen-bond acceptors (Lipinski definition) is 5. The van der Waals surface area contributed by atoms with E-state index in [2.05, 4.69) is 10.3 Å². The Morgan fingerprint density at radius 3 is 2.75 bits per heavy atom. The van der Waals surface area contributed by atoms with Gasteiger partial charge in [-0.3, -0.25) is 0 Å². The van der Waals surface area contributed by atoms with Gasteiger partial charge in [0.1, 0.15) is 15.6 Å². The molecule has 1 atom stereocenters. The normalized spacial score (nSPS) is 13.9. The zero-order chi connectivity index (χ0) is 12.2. The first-order valence-electron chi connectivity index (χ1n) is 5.25. The number of aromatic nitrogens is 1. The van der Waals surface area contributed by atoms with E-state index in [-0.39, 0.29) is 11.8 Å². The molecule has 92 valence electrons. The molecule has 0 saturated carbocycles. The largest absolute Gasteiger partial charge is 0.444 e. The zero-order valence-electron chi connectivity index (χ0n) is 9.86. The number of aryl methyl sites for hydroxylation is 1. The van der Waals surface area contributed by atoms with E-state index in [0.717, 1.165) is 12.2 Å². The molecule has 0 aliphatic carbocycles. The summed E-state index contributed by atoms with van der Waals surface area (Å²) in [4.78, 5) is 4.08. The van der Waals surface area contributed by atoms with Crippen molar-refractivity contribution in [2.45, 2.75) is 32.9 Å². The molecule has 6 heteroatoms. The molecule has 1 unspecified atom stereocenters. The summed E-state index contributed by atoms with van der Waals surface area (Å²) >= 11 is 0. The maximum atomic E-state index is 11.0. The lowest BCUT2D eigenvalue weighted by Crippen LogP contribution is -2.32. The third-order valence-electron chi connectivity index (χ3n) is 2.10. The molecule has 0 amide bonds. The lowest BCUT2D eigenvalue weighted by Gasteiger charge is -2.10. The minimum absolute atomic E-state index is 0.105. The van der Waals surface area contributed by atoms with Gasteiger partial charge < -0.3 is 9.73 Å².